The highest BCUT2D eigenvalue weighted by molar-refractivity contribution is 5.86. The molecule has 2 aliphatic heterocycles. The topological polar surface area (TPSA) is 89.7 Å². The van der Waals surface area contributed by atoms with E-state index in [9.17, 15) is 27.6 Å². The fraction of sp³-hybridized carbons (Fsp3) is 0.789. The summed E-state index contributed by atoms with van der Waals surface area (Å²) in [5.41, 5.74) is -1.50. The maximum Gasteiger partial charge on any atom is 0.451 e. The quantitative estimate of drug-likeness (QED) is 0.693. The molecule has 3 rings (SSSR count). The second-order valence-corrected chi connectivity index (χ2v) is 9.00. The summed E-state index contributed by atoms with van der Waals surface area (Å²) in [6, 6.07) is -1.13. The number of piperidine rings is 1. The van der Waals surface area contributed by atoms with Gasteiger partial charge in [-0.3, -0.25) is 14.3 Å². The third kappa shape index (κ3) is 4.87. The van der Waals surface area contributed by atoms with E-state index in [2.05, 4.69) is 5.10 Å². The average Bonchev–Trinajstić information content (AvgIpc) is 3.25. The van der Waals surface area contributed by atoms with Crippen LogP contribution in [0.25, 0.3) is 0 Å². The summed E-state index contributed by atoms with van der Waals surface area (Å²) < 4.78 is 45.8. The van der Waals surface area contributed by atoms with Gasteiger partial charge in [-0.15, -0.1) is 5.10 Å². The number of alkyl halides is 3. The standard InChI is InChI=1S/C19H28F3N5O4/c1-18(2,3)31-17(30)26-9-5-6-13(26)14(28)25-10-7-12(8-11-25)27-16(29)24(4)15(23-27)19(20,21)22/h12-13H,5-11H2,1-4H3/t13-/m0/s1. The minimum absolute atomic E-state index is 0.203. The number of carbonyl (C=O) groups excluding carboxylic acids is 2. The van der Waals surface area contributed by atoms with E-state index in [1.807, 2.05) is 0 Å². The Morgan fingerprint density at radius 3 is 2.19 bits per heavy atom. The van der Waals surface area contributed by atoms with Crippen molar-refractivity contribution in [2.45, 2.75) is 70.3 Å². The van der Waals surface area contributed by atoms with E-state index in [0.29, 0.717) is 36.8 Å². The first-order valence-electron chi connectivity index (χ1n) is 10.3. The summed E-state index contributed by atoms with van der Waals surface area (Å²) in [6.45, 7) is 6.25. The molecule has 1 aromatic heterocycles. The third-order valence-corrected chi connectivity index (χ3v) is 5.54. The Kier molecular flexibility index (Phi) is 6.12. The molecule has 12 heteroatoms. The van der Waals surface area contributed by atoms with Gasteiger partial charge in [0, 0.05) is 26.7 Å². The van der Waals surface area contributed by atoms with Gasteiger partial charge in [-0.2, -0.15) is 13.2 Å². The van der Waals surface area contributed by atoms with Crippen molar-refractivity contribution in [2.75, 3.05) is 19.6 Å². The Morgan fingerprint density at radius 1 is 1.06 bits per heavy atom. The molecule has 0 radical (unpaired) electrons. The molecule has 9 nitrogen and oxygen atoms in total. The molecular weight excluding hydrogens is 419 g/mol. The van der Waals surface area contributed by atoms with Gasteiger partial charge in [0.1, 0.15) is 11.6 Å². The molecule has 3 heterocycles. The van der Waals surface area contributed by atoms with Crippen LogP contribution in [0.15, 0.2) is 4.79 Å². The lowest BCUT2D eigenvalue weighted by atomic mass is 10.0. The second kappa shape index (κ2) is 8.19. The number of hydrogen-bond donors (Lipinski definition) is 0. The lowest BCUT2D eigenvalue weighted by Gasteiger charge is -2.35. The van der Waals surface area contributed by atoms with Crippen molar-refractivity contribution < 1.29 is 27.5 Å². The highest BCUT2D eigenvalue weighted by Crippen LogP contribution is 2.29. The highest BCUT2D eigenvalue weighted by Gasteiger charge is 2.41. The largest absolute Gasteiger partial charge is 0.451 e. The predicted molar refractivity (Wildman–Crippen MR) is 103 cm³/mol. The van der Waals surface area contributed by atoms with Gasteiger partial charge in [-0.25, -0.2) is 14.3 Å². The van der Waals surface area contributed by atoms with Crippen molar-refractivity contribution in [1.29, 1.82) is 0 Å². The Hall–Kier alpha value is -2.53. The van der Waals surface area contributed by atoms with Gasteiger partial charge >= 0.3 is 18.0 Å². The molecule has 0 N–H and O–H groups in total. The average molecular weight is 447 g/mol. The Labute approximate surface area is 177 Å². The summed E-state index contributed by atoms with van der Waals surface area (Å²) in [5.74, 6) is -1.44. The van der Waals surface area contributed by atoms with Crippen LogP contribution in [0.4, 0.5) is 18.0 Å². The van der Waals surface area contributed by atoms with Crippen LogP contribution in [0.2, 0.25) is 0 Å². The Morgan fingerprint density at radius 2 is 1.68 bits per heavy atom. The van der Waals surface area contributed by atoms with Gasteiger partial charge < -0.3 is 9.64 Å². The van der Waals surface area contributed by atoms with Gasteiger partial charge in [0.2, 0.25) is 11.7 Å². The maximum absolute atomic E-state index is 13.0. The van der Waals surface area contributed by atoms with Crippen molar-refractivity contribution in [3.05, 3.63) is 16.3 Å². The molecule has 1 atom stereocenters. The number of hydrogen-bond acceptors (Lipinski definition) is 5. The van der Waals surface area contributed by atoms with Crippen LogP contribution in [0.3, 0.4) is 0 Å². The van der Waals surface area contributed by atoms with Crippen LogP contribution in [0, 0.1) is 0 Å². The molecule has 0 spiro atoms. The number of likely N-dealkylation sites (tertiary alicyclic amines) is 2. The fourth-order valence-corrected chi connectivity index (χ4v) is 4.04. The molecular formula is C19H28F3N5O4. The van der Waals surface area contributed by atoms with Gasteiger partial charge in [0.05, 0.1) is 6.04 Å². The van der Waals surface area contributed by atoms with Gasteiger partial charge in [0.15, 0.2) is 0 Å². The first-order valence-corrected chi connectivity index (χ1v) is 10.3. The first kappa shape index (κ1) is 23.1. The van der Waals surface area contributed by atoms with E-state index in [1.165, 1.54) is 4.90 Å². The Balaban J connectivity index is 1.65. The van der Waals surface area contributed by atoms with E-state index in [0.717, 1.165) is 11.7 Å². The van der Waals surface area contributed by atoms with E-state index in [1.54, 1.807) is 25.7 Å². The van der Waals surface area contributed by atoms with Crippen LogP contribution < -0.4 is 5.69 Å². The first-order chi connectivity index (χ1) is 14.3. The summed E-state index contributed by atoms with van der Waals surface area (Å²) >= 11 is 0. The second-order valence-electron chi connectivity index (χ2n) is 9.00. The number of ether oxygens (including phenoxy) is 1. The SMILES string of the molecule is Cn1c(C(F)(F)F)nn(C2CCN(C(=O)[C@@H]3CCCN3C(=O)OC(C)(C)C)CC2)c1=O. The summed E-state index contributed by atoms with van der Waals surface area (Å²) in [5, 5.41) is 3.49. The lowest BCUT2D eigenvalue weighted by Crippen LogP contribution is -2.51. The van der Waals surface area contributed by atoms with E-state index >= 15 is 0 Å². The molecule has 0 unspecified atom stereocenters. The zero-order valence-electron chi connectivity index (χ0n) is 18.1. The minimum atomic E-state index is -4.72. The molecule has 174 valence electrons. The van der Waals surface area contributed by atoms with Crippen LogP contribution in [-0.2, 0) is 22.8 Å². The fourth-order valence-electron chi connectivity index (χ4n) is 4.04. The molecule has 2 fully saturated rings. The molecule has 2 amide bonds. The number of carbonyl (C=O) groups is 2. The number of aromatic nitrogens is 3. The number of nitrogens with zero attached hydrogens (tertiary/aromatic N) is 5. The molecule has 1 aromatic rings. The van der Waals surface area contributed by atoms with Crippen molar-refractivity contribution >= 4 is 12.0 Å². The van der Waals surface area contributed by atoms with Gasteiger partial charge in [-0.05, 0) is 46.5 Å². The number of rotatable bonds is 2. The normalized spacial score (nSPS) is 20.9. The molecule has 2 aliphatic rings. The molecule has 31 heavy (non-hydrogen) atoms. The van der Waals surface area contributed by atoms with E-state index < -0.39 is 41.5 Å². The van der Waals surface area contributed by atoms with Crippen LogP contribution in [0.1, 0.15) is 58.3 Å². The lowest BCUT2D eigenvalue weighted by molar-refractivity contribution is -0.147. The van der Waals surface area contributed by atoms with E-state index in [-0.39, 0.29) is 19.0 Å². The number of halogens is 3. The molecule has 0 bridgehead atoms. The summed E-state index contributed by atoms with van der Waals surface area (Å²) in [7, 11) is 1.04. The Bertz CT molecular complexity index is 894. The third-order valence-electron chi connectivity index (χ3n) is 5.54. The smallest absolute Gasteiger partial charge is 0.444 e. The predicted octanol–water partition coefficient (Wildman–Crippen LogP) is 2.16. The zero-order chi connectivity index (χ0) is 23.1. The van der Waals surface area contributed by atoms with Gasteiger partial charge in [-0.1, -0.05) is 0 Å². The molecule has 0 saturated carbocycles. The van der Waals surface area contributed by atoms with Crippen molar-refractivity contribution in [1.82, 2.24) is 24.1 Å². The monoisotopic (exact) mass is 447 g/mol. The zero-order valence-corrected chi connectivity index (χ0v) is 18.1. The summed E-state index contributed by atoms with van der Waals surface area (Å²) in [4.78, 5) is 40.7. The highest BCUT2D eigenvalue weighted by atomic mass is 19.4. The van der Waals surface area contributed by atoms with Crippen LogP contribution in [0.5, 0.6) is 0 Å². The summed E-state index contributed by atoms with van der Waals surface area (Å²) in [6.07, 6.45) is -3.41. The molecule has 0 aromatic carbocycles. The van der Waals surface area contributed by atoms with Crippen molar-refractivity contribution in [3.63, 3.8) is 0 Å². The maximum atomic E-state index is 13.0. The van der Waals surface area contributed by atoms with E-state index in [4.69, 9.17) is 4.74 Å². The van der Waals surface area contributed by atoms with Crippen LogP contribution in [-0.4, -0.2) is 67.4 Å². The minimum Gasteiger partial charge on any atom is -0.444 e. The molecule has 2 saturated heterocycles. The molecule has 0 aliphatic carbocycles. The van der Waals surface area contributed by atoms with Crippen molar-refractivity contribution in [3.8, 4) is 0 Å². The number of amides is 2. The van der Waals surface area contributed by atoms with Gasteiger partial charge in [0.25, 0.3) is 0 Å². The van der Waals surface area contributed by atoms with Crippen LogP contribution >= 0.6 is 0 Å². The van der Waals surface area contributed by atoms with Crippen molar-refractivity contribution in [2.24, 2.45) is 7.05 Å².